The third-order valence-electron chi connectivity index (χ3n) is 4.66. The molecule has 0 unspecified atom stereocenters. The molecule has 6 nitrogen and oxygen atoms in total. The van der Waals surface area contributed by atoms with Gasteiger partial charge in [-0.05, 0) is 33.8 Å². The molecule has 0 aromatic heterocycles. The molecule has 0 aliphatic carbocycles. The quantitative estimate of drug-likeness (QED) is 0.839. The number of ether oxygens (including phenoxy) is 3. The summed E-state index contributed by atoms with van der Waals surface area (Å²) in [6.07, 6.45) is 0. The van der Waals surface area contributed by atoms with Crippen LogP contribution in [0, 0.1) is 0 Å². The Balaban J connectivity index is 2.39. The van der Waals surface area contributed by atoms with Crippen LogP contribution in [0.25, 0.3) is 0 Å². The Morgan fingerprint density at radius 2 is 1.43 bits per heavy atom. The van der Waals surface area contributed by atoms with Crippen molar-refractivity contribution >= 4 is 7.12 Å². The van der Waals surface area contributed by atoms with Crippen molar-refractivity contribution in [2.24, 2.45) is 5.73 Å². The molecule has 0 saturated carbocycles. The predicted octanol–water partition coefficient (Wildman–Crippen LogP) is 2.34. The first-order valence-electron chi connectivity index (χ1n) is 7.58. The lowest BCUT2D eigenvalue weighted by Gasteiger charge is -2.32. The maximum atomic E-state index is 6.41. The van der Waals surface area contributed by atoms with Crippen molar-refractivity contribution in [2.45, 2.75) is 44.8 Å². The van der Waals surface area contributed by atoms with E-state index in [1.807, 2.05) is 33.8 Å². The van der Waals surface area contributed by atoms with Gasteiger partial charge in [0.2, 0.25) is 5.75 Å². The summed E-state index contributed by atoms with van der Waals surface area (Å²) in [5.41, 5.74) is 6.26. The van der Waals surface area contributed by atoms with Gasteiger partial charge in [0.25, 0.3) is 0 Å². The Bertz CT molecular complexity index is 560. The fourth-order valence-electron chi connectivity index (χ4n) is 2.57. The summed E-state index contributed by atoms with van der Waals surface area (Å²) in [5.74, 6) is 1.08. The SMILES string of the molecule is COc1ccc([C@H](N)B2OC(C)(C)C(C)(C)O2)c(OC)c1OC. The van der Waals surface area contributed by atoms with E-state index in [-0.39, 0.29) is 0 Å². The molecular formula is C16H26BNO5. The van der Waals surface area contributed by atoms with Crippen LogP contribution in [0.4, 0.5) is 0 Å². The highest BCUT2D eigenvalue weighted by atomic mass is 16.7. The molecule has 0 spiro atoms. The standard InChI is InChI=1S/C16H26BNO5/c1-15(2)16(3,4)23-17(22-15)14(18)10-8-9-11(19-5)13(21-7)12(10)20-6/h8-9,14H,18H2,1-7H3/t14-/m0/s1. The summed E-state index contributed by atoms with van der Waals surface area (Å²) in [6.45, 7) is 7.97. The minimum atomic E-state index is -0.577. The van der Waals surface area contributed by atoms with Crippen molar-refractivity contribution in [3.8, 4) is 17.2 Å². The van der Waals surface area contributed by atoms with E-state index in [1.54, 1.807) is 27.4 Å². The van der Waals surface area contributed by atoms with Crippen molar-refractivity contribution in [1.29, 1.82) is 0 Å². The molecule has 1 saturated heterocycles. The van der Waals surface area contributed by atoms with E-state index < -0.39 is 24.3 Å². The van der Waals surface area contributed by atoms with Crippen LogP contribution in [0.1, 0.15) is 39.2 Å². The topological polar surface area (TPSA) is 72.2 Å². The van der Waals surface area contributed by atoms with E-state index in [0.29, 0.717) is 17.2 Å². The number of hydrogen-bond donors (Lipinski definition) is 1. The van der Waals surface area contributed by atoms with Crippen LogP contribution in [0.3, 0.4) is 0 Å². The van der Waals surface area contributed by atoms with Crippen molar-refractivity contribution < 1.29 is 23.5 Å². The number of nitrogens with two attached hydrogens (primary N) is 1. The zero-order chi connectivity index (χ0) is 17.4. The number of methoxy groups -OCH3 is 3. The van der Waals surface area contributed by atoms with Gasteiger partial charge in [0.15, 0.2) is 11.5 Å². The molecule has 7 heteroatoms. The fourth-order valence-corrected chi connectivity index (χ4v) is 2.57. The second-order valence-electron chi connectivity index (χ2n) is 6.57. The Morgan fingerprint density at radius 3 is 1.87 bits per heavy atom. The highest BCUT2D eigenvalue weighted by Crippen LogP contribution is 2.45. The monoisotopic (exact) mass is 323 g/mol. The van der Waals surface area contributed by atoms with Crippen LogP contribution < -0.4 is 19.9 Å². The second kappa shape index (κ2) is 6.22. The van der Waals surface area contributed by atoms with Gasteiger partial charge in [-0.1, -0.05) is 6.07 Å². The summed E-state index contributed by atoms with van der Waals surface area (Å²) >= 11 is 0. The first-order chi connectivity index (χ1) is 10.7. The van der Waals surface area contributed by atoms with E-state index in [0.717, 1.165) is 5.56 Å². The van der Waals surface area contributed by atoms with Gasteiger partial charge in [-0.15, -0.1) is 0 Å². The molecule has 1 aromatic carbocycles. The van der Waals surface area contributed by atoms with Gasteiger partial charge in [0, 0.05) is 5.56 Å². The Hall–Kier alpha value is -1.44. The molecule has 1 aromatic rings. The third-order valence-corrected chi connectivity index (χ3v) is 4.66. The van der Waals surface area contributed by atoms with Gasteiger partial charge in [-0.25, -0.2) is 0 Å². The molecule has 1 heterocycles. The van der Waals surface area contributed by atoms with Gasteiger partial charge in [0.05, 0.1) is 38.5 Å². The first kappa shape index (κ1) is 17.9. The smallest absolute Gasteiger partial charge is 0.480 e. The molecular weight excluding hydrogens is 297 g/mol. The lowest BCUT2D eigenvalue weighted by molar-refractivity contribution is 0.00578. The minimum Gasteiger partial charge on any atom is -0.493 e. The molecule has 2 N–H and O–H groups in total. The summed E-state index contributed by atoms with van der Waals surface area (Å²) in [5, 5.41) is 0. The van der Waals surface area contributed by atoms with Crippen LogP contribution in [0.2, 0.25) is 0 Å². The average Bonchev–Trinajstić information content (AvgIpc) is 2.72. The first-order valence-corrected chi connectivity index (χ1v) is 7.58. The van der Waals surface area contributed by atoms with Crippen molar-refractivity contribution in [2.75, 3.05) is 21.3 Å². The molecule has 1 fully saturated rings. The Morgan fingerprint density at radius 1 is 0.913 bits per heavy atom. The van der Waals surface area contributed by atoms with Crippen LogP contribution in [0.15, 0.2) is 12.1 Å². The van der Waals surface area contributed by atoms with Crippen LogP contribution in [-0.2, 0) is 9.31 Å². The number of rotatable bonds is 5. The molecule has 2 rings (SSSR count). The minimum absolute atomic E-state index is 0.445. The van der Waals surface area contributed by atoms with Gasteiger partial charge in [0.1, 0.15) is 0 Å². The van der Waals surface area contributed by atoms with Crippen LogP contribution in [0.5, 0.6) is 17.2 Å². The van der Waals surface area contributed by atoms with E-state index in [4.69, 9.17) is 29.3 Å². The summed E-state index contributed by atoms with van der Waals surface area (Å²) in [7, 11) is 4.12. The van der Waals surface area contributed by atoms with Gasteiger partial charge < -0.3 is 29.3 Å². The second-order valence-corrected chi connectivity index (χ2v) is 6.57. The lowest BCUT2D eigenvalue weighted by atomic mass is 9.74. The highest BCUT2D eigenvalue weighted by molar-refractivity contribution is 6.47. The number of hydrogen-bond acceptors (Lipinski definition) is 6. The molecule has 128 valence electrons. The van der Waals surface area contributed by atoms with Crippen LogP contribution >= 0.6 is 0 Å². The largest absolute Gasteiger partial charge is 0.493 e. The van der Waals surface area contributed by atoms with E-state index >= 15 is 0 Å². The summed E-state index contributed by atoms with van der Waals surface area (Å²) in [6, 6.07) is 3.64. The van der Waals surface area contributed by atoms with Gasteiger partial charge in [-0.3, -0.25) is 0 Å². The van der Waals surface area contributed by atoms with E-state index in [9.17, 15) is 0 Å². The van der Waals surface area contributed by atoms with Gasteiger partial charge in [-0.2, -0.15) is 0 Å². The molecule has 23 heavy (non-hydrogen) atoms. The molecule has 1 aliphatic heterocycles. The molecule has 0 bridgehead atoms. The maximum Gasteiger partial charge on any atom is 0.480 e. The third kappa shape index (κ3) is 3.01. The normalized spacial score (nSPS) is 20.3. The zero-order valence-corrected chi connectivity index (χ0v) is 14.9. The lowest BCUT2D eigenvalue weighted by Crippen LogP contribution is -2.41. The zero-order valence-electron chi connectivity index (χ0n) is 14.9. The molecule has 0 radical (unpaired) electrons. The molecule has 1 aliphatic rings. The highest BCUT2D eigenvalue weighted by Gasteiger charge is 2.53. The van der Waals surface area contributed by atoms with Crippen molar-refractivity contribution in [3.05, 3.63) is 17.7 Å². The molecule has 0 amide bonds. The predicted molar refractivity (Wildman–Crippen MR) is 89.1 cm³/mol. The average molecular weight is 323 g/mol. The summed E-state index contributed by atoms with van der Waals surface area (Å²) in [4.78, 5) is 0. The van der Waals surface area contributed by atoms with Crippen LogP contribution in [-0.4, -0.2) is 39.6 Å². The fraction of sp³-hybridized carbons (Fsp3) is 0.625. The maximum absolute atomic E-state index is 6.41. The number of benzene rings is 1. The van der Waals surface area contributed by atoms with Crippen molar-refractivity contribution in [3.63, 3.8) is 0 Å². The molecule has 1 atom stereocenters. The van der Waals surface area contributed by atoms with Crippen molar-refractivity contribution in [1.82, 2.24) is 0 Å². The Kier molecular flexibility index (Phi) is 4.85. The summed E-state index contributed by atoms with van der Waals surface area (Å²) < 4.78 is 28.3. The van der Waals surface area contributed by atoms with Gasteiger partial charge >= 0.3 is 7.12 Å². The van der Waals surface area contributed by atoms with E-state index in [1.165, 1.54) is 0 Å². The van der Waals surface area contributed by atoms with E-state index in [2.05, 4.69) is 0 Å². The Labute approximate surface area is 138 Å².